The van der Waals surface area contributed by atoms with Gasteiger partial charge in [-0.3, -0.25) is 14.3 Å². The Kier molecular flexibility index (Phi) is 7.61. The Morgan fingerprint density at radius 3 is 2.16 bits per heavy atom. The van der Waals surface area contributed by atoms with E-state index in [1.807, 2.05) is 30.3 Å². The second kappa shape index (κ2) is 10.9. The number of benzene rings is 3. The molecule has 2 amide bonds. The molecule has 190 valence electrons. The second-order valence-electron chi connectivity index (χ2n) is 8.09. The lowest BCUT2D eigenvalue weighted by Crippen LogP contribution is -2.18. The van der Waals surface area contributed by atoms with Crippen molar-refractivity contribution in [2.45, 2.75) is 18.7 Å². The fourth-order valence-corrected chi connectivity index (χ4v) is 6.27. The largest absolute Gasteiger partial charge is 0.495 e. The van der Waals surface area contributed by atoms with Crippen LogP contribution in [0.4, 0.5) is 16.4 Å². The molecule has 37 heavy (non-hydrogen) atoms. The Morgan fingerprint density at radius 2 is 1.51 bits per heavy atom. The molecular formula is C27H25N3O5S2. The number of ether oxygens (including phenoxy) is 1. The molecule has 0 aliphatic carbocycles. The molecule has 0 spiro atoms. The average molecular weight is 536 g/mol. The molecule has 0 radical (unpaired) electrons. The highest BCUT2D eigenvalue weighted by atomic mass is 32.2. The summed E-state index contributed by atoms with van der Waals surface area (Å²) < 4.78 is 34.5. The number of nitrogens with one attached hydrogen (secondary N) is 3. The first-order valence-corrected chi connectivity index (χ1v) is 13.5. The van der Waals surface area contributed by atoms with E-state index in [1.54, 1.807) is 31.2 Å². The Morgan fingerprint density at radius 1 is 0.865 bits per heavy atom. The Bertz CT molecular complexity index is 1550. The first-order chi connectivity index (χ1) is 17.7. The van der Waals surface area contributed by atoms with Gasteiger partial charge in [0.05, 0.1) is 23.3 Å². The molecule has 0 bridgehead atoms. The van der Waals surface area contributed by atoms with Crippen LogP contribution < -0.4 is 20.1 Å². The molecule has 0 atom stereocenters. The number of thiophene rings is 1. The number of anilines is 3. The fourth-order valence-electron chi connectivity index (χ4n) is 3.76. The van der Waals surface area contributed by atoms with Gasteiger partial charge >= 0.3 is 0 Å². The van der Waals surface area contributed by atoms with Crippen molar-refractivity contribution in [1.82, 2.24) is 0 Å². The minimum Gasteiger partial charge on any atom is -0.495 e. The highest BCUT2D eigenvalue weighted by Gasteiger charge is 2.26. The Labute approximate surface area is 219 Å². The van der Waals surface area contributed by atoms with Crippen LogP contribution in [0.5, 0.6) is 5.75 Å². The van der Waals surface area contributed by atoms with E-state index in [2.05, 4.69) is 15.4 Å². The molecule has 4 aromatic rings. The first-order valence-electron chi connectivity index (χ1n) is 11.2. The zero-order chi connectivity index (χ0) is 26.6. The van der Waals surface area contributed by atoms with Crippen molar-refractivity contribution in [3.63, 3.8) is 0 Å². The van der Waals surface area contributed by atoms with Crippen LogP contribution in [0.25, 0.3) is 10.4 Å². The molecule has 3 N–H and O–H groups in total. The molecule has 0 aliphatic heterocycles. The molecule has 0 saturated heterocycles. The first kappa shape index (κ1) is 25.9. The van der Waals surface area contributed by atoms with Crippen LogP contribution in [0.2, 0.25) is 0 Å². The predicted octanol–water partition coefficient (Wildman–Crippen LogP) is 5.74. The van der Waals surface area contributed by atoms with E-state index < -0.39 is 15.9 Å². The van der Waals surface area contributed by atoms with Gasteiger partial charge in [0, 0.05) is 17.5 Å². The van der Waals surface area contributed by atoms with Gasteiger partial charge in [0.1, 0.15) is 10.8 Å². The summed E-state index contributed by atoms with van der Waals surface area (Å²) in [7, 11) is -2.54. The van der Waals surface area contributed by atoms with Crippen molar-refractivity contribution in [2.24, 2.45) is 0 Å². The van der Waals surface area contributed by atoms with E-state index in [1.165, 1.54) is 49.6 Å². The fraction of sp³-hybridized carbons (Fsp3) is 0.111. The molecule has 10 heteroatoms. The van der Waals surface area contributed by atoms with Crippen molar-refractivity contribution in [3.8, 4) is 16.2 Å². The van der Waals surface area contributed by atoms with Crippen molar-refractivity contribution in [2.75, 3.05) is 22.5 Å². The third-order valence-electron chi connectivity index (χ3n) is 5.48. The van der Waals surface area contributed by atoms with E-state index >= 15 is 0 Å². The molecule has 0 aliphatic rings. The number of methoxy groups -OCH3 is 1. The monoisotopic (exact) mass is 535 g/mol. The minimum absolute atomic E-state index is 0.00926. The number of para-hydroxylation sites is 2. The van der Waals surface area contributed by atoms with E-state index in [0.717, 1.165) is 10.4 Å². The third-order valence-corrected chi connectivity index (χ3v) is 8.23. The molecule has 4 rings (SSSR count). The molecular weight excluding hydrogens is 510 g/mol. The van der Waals surface area contributed by atoms with Gasteiger partial charge in [0.25, 0.3) is 15.9 Å². The van der Waals surface area contributed by atoms with Crippen LogP contribution in [-0.4, -0.2) is 27.3 Å². The summed E-state index contributed by atoms with van der Waals surface area (Å²) >= 11 is 1.18. The van der Waals surface area contributed by atoms with Gasteiger partial charge in [-0.2, -0.15) is 0 Å². The van der Waals surface area contributed by atoms with Gasteiger partial charge in [-0.1, -0.05) is 42.5 Å². The number of carbonyl (C=O) groups is 2. The van der Waals surface area contributed by atoms with Gasteiger partial charge in [-0.15, -0.1) is 11.3 Å². The Hall–Kier alpha value is -4.15. The predicted molar refractivity (Wildman–Crippen MR) is 147 cm³/mol. The topological polar surface area (TPSA) is 114 Å². The zero-order valence-electron chi connectivity index (χ0n) is 20.4. The summed E-state index contributed by atoms with van der Waals surface area (Å²) in [6.45, 7) is 3.16. The van der Waals surface area contributed by atoms with Crippen LogP contribution >= 0.6 is 11.3 Å². The molecule has 0 fully saturated rings. The van der Waals surface area contributed by atoms with Gasteiger partial charge in [-0.05, 0) is 54.4 Å². The summed E-state index contributed by atoms with van der Waals surface area (Å²) in [5, 5.41) is 5.64. The lowest BCUT2D eigenvalue weighted by molar-refractivity contribution is -0.114. The number of carbonyl (C=O) groups excluding carboxylic acids is 2. The molecule has 1 aromatic heterocycles. The van der Waals surface area contributed by atoms with Crippen molar-refractivity contribution >= 4 is 49.6 Å². The van der Waals surface area contributed by atoms with Crippen LogP contribution in [0.3, 0.4) is 0 Å². The van der Waals surface area contributed by atoms with Gasteiger partial charge < -0.3 is 15.4 Å². The van der Waals surface area contributed by atoms with Gasteiger partial charge in [-0.25, -0.2) is 8.42 Å². The van der Waals surface area contributed by atoms with Crippen molar-refractivity contribution < 1.29 is 22.7 Å². The van der Waals surface area contributed by atoms with Crippen molar-refractivity contribution in [3.05, 3.63) is 90.0 Å². The highest BCUT2D eigenvalue weighted by Crippen LogP contribution is 2.41. The normalized spacial score (nSPS) is 11.0. The summed E-state index contributed by atoms with van der Waals surface area (Å²) in [6, 6.07) is 22.2. The summed E-state index contributed by atoms with van der Waals surface area (Å²) in [5.74, 6) is -0.255. The van der Waals surface area contributed by atoms with Crippen LogP contribution in [0.1, 0.15) is 22.8 Å². The summed E-state index contributed by atoms with van der Waals surface area (Å²) in [6.07, 6.45) is 0. The van der Waals surface area contributed by atoms with Crippen LogP contribution in [0.15, 0.2) is 83.8 Å². The molecule has 8 nitrogen and oxygen atoms in total. The van der Waals surface area contributed by atoms with E-state index in [-0.39, 0.29) is 21.4 Å². The highest BCUT2D eigenvalue weighted by molar-refractivity contribution is 7.93. The number of amides is 2. The number of sulfonamides is 1. The lowest BCUT2D eigenvalue weighted by atomic mass is 10.1. The van der Waals surface area contributed by atoms with Crippen LogP contribution in [-0.2, 0) is 14.8 Å². The quantitative estimate of drug-likeness (QED) is 0.266. The summed E-state index contributed by atoms with van der Waals surface area (Å²) in [5.41, 5.74) is 2.66. The van der Waals surface area contributed by atoms with Gasteiger partial charge in [0.15, 0.2) is 0 Å². The molecule has 0 unspecified atom stereocenters. The lowest BCUT2D eigenvalue weighted by Gasteiger charge is -2.12. The maximum atomic E-state index is 13.5. The maximum Gasteiger partial charge on any atom is 0.262 e. The van der Waals surface area contributed by atoms with E-state index in [0.29, 0.717) is 22.7 Å². The number of rotatable bonds is 8. The van der Waals surface area contributed by atoms with Gasteiger partial charge in [0.2, 0.25) is 5.91 Å². The average Bonchev–Trinajstić information content (AvgIpc) is 3.19. The SMILES string of the molecule is COc1ccccc1NC(=O)c1c(NS(=O)(=O)c2ccc(NC(C)=O)cc2)sc(-c2ccccc2)c1C. The number of hydrogen-bond donors (Lipinski definition) is 3. The second-order valence-corrected chi connectivity index (χ2v) is 10.8. The summed E-state index contributed by atoms with van der Waals surface area (Å²) in [4.78, 5) is 25.5. The molecule has 0 saturated carbocycles. The Balaban J connectivity index is 1.74. The van der Waals surface area contributed by atoms with E-state index in [4.69, 9.17) is 4.74 Å². The maximum absolute atomic E-state index is 13.5. The zero-order valence-corrected chi connectivity index (χ0v) is 22.0. The standard InChI is InChI=1S/C27H25N3O5S2/c1-17-24(26(32)29-22-11-7-8-12-23(22)35-3)27(36-25(17)19-9-5-4-6-10-19)30-37(33,34)21-15-13-20(14-16-21)28-18(2)31/h4-16,30H,1-3H3,(H,28,31)(H,29,32). The smallest absolute Gasteiger partial charge is 0.262 e. The number of hydrogen-bond acceptors (Lipinski definition) is 6. The van der Waals surface area contributed by atoms with E-state index in [9.17, 15) is 18.0 Å². The van der Waals surface area contributed by atoms with Crippen LogP contribution in [0, 0.1) is 6.92 Å². The molecule has 3 aromatic carbocycles. The van der Waals surface area contributed by atoms with Crippen molar-refractivity contribution in [1.29, 1.82) is 0 Å². The minimum atomic E-state index is -4.04. The molecule has 1 heterocycles. The third kappa shape index (κ3) is 5.82.